The first-order chi connectivity index (χ1) is 14.2. The van der Waals surface area contributed by atoms with Gasteiger partial charge in [0, 0.05) is 12.1 Å². The number of fused-ring (bicyclic) bond motifs is 1. The Kier molecular flexibility index (Phi) is 6.50. The van der Waals surface area contributed by atoms with E-state index >= 15 is 0 Å². The molecular weight excluding hydrogens is 360 g/mol. The van der Waals surface area contributed by atoms with E-state index in [2.05, 4.69) is 17.9 Å². The number of carbonyl (C=O) groups excluding carboxylic acids is 1. The van der Waals surface area contributed by atoms with Crippen LogP contribution in [0.15, 0.2) is 48.5 Å². The topological polar surface area (TPSA) is 32.8 Å². The van der Waals surface area contributed by atoms with Crippen molar-refractivity contribution < 1.29 is 9.53 Å². The van der Waals surface area contributed by atoms with Crippen LogP contribution in [0.4, 0.5) is 5.69 Å². The van der Waals surface area contributed by atoms with Crippen molar-refractivity contribution in [1.82, 2.24) is 4.90 Å². The first kappa shape index (κ1) is 20.0. The van der Waals surface area contributed by atoms with Crippen LogP contribution in [-0.2, 0) is 4.79 Å². The smallest absolute Gasteiger partial charge is 0.272 e. The molecule has 4 rings (SSSR count). The van der Waals surface area contributed by atoms with Gasteiger partial charge in [-0.3, -0.25) is 4.79 Å². The molecule has 2 heterocycles. The summed E-state index contributed by atoms with van der Waals surface area (Å²) in [7, 11) is 0. The lowest BCUT2D eigenvalue weighted by Crippen LogP contribution is -2.41. The highest BCUT2D eigenvalue weighted by Crippen LogP contribution is 2.39. The van der Waals surface area contributed by atoms with Gasteiger partial charge in [-0.2, -0.15) is 0 Å². The van der Waals surface area contributed by atoms with Gasteiger partial charge in [0.2, 0.25) is 6.10 Å². The van der Waals surface area contributed by atoms with E-state index in [4.69, 9.17) is 4.74 Å². The zero-order valence-corrected chi connectivity index (χ0v) is 17.5. The van der Waals surface area contributed by atoms with Gasteiger partial charge in [-0.05, 0) is 69.9 Å². The van der Waals surface area contributed by atoms with Gasteiger partial charge in [0.15, 0.2) is 0 Å². The molecule has 4 heteroatoms. The molecule has 1 atom stereocenters. The van der Waals surface area contributed by atoms with E-state index in [0.29, 0.717) is 0 Å². The van der Waals surface area contributed by atoms with Crippen LogP contribution < -0.4 is 9.64 Å². The van der Waals surface area contributed by atoms with Crippen molar-refractivity contribution >= 4 is 11.6 Å². The molecule has 0 N–H and O–H groups in total. The molecule has 2 aliphatic heterocycles. The molecule has 2 aliphatic rings. The molecule has 29 heavy (non-hydrogen) atoms. The van der Waals surface area contributed by atoms with E-state index < -0.39 is 6.10 Å². The number of carbonyl (C=O) groups is 1. The van der Waals surface area contributed by atoms with Gasteiger partial charge in [-0.15, -0.1) is 0 Å². The Hall–Kier alpha value is -2.33. The third kappa shape index (κ3) is 4.81. The summed E-state index contributed by atoms with van der Waals surface area (Å²) in [6.45, 7) is 6.52. The summed E-state index contributed by atoms with van der Waals surface area (Å²) in [5.41, 5.74) is 2.97. The summed E-state index contributed by atoms with van der Waals surface area (Å²) in [5, 5.41) is 0. The van der Waals surface area contributed by atoms with Gasteiger partial charge in [-0.1, -0.05) is 49.2 Å². The normalized spacial score (nSPS) is 19.7. The van der Waals surface area contributed by atoms with Gasteiger partial charge < -0.3 is 14.5 Å². The molecule has 1 saturated heterocycles. The Morgan fingerprint density at radius 3 is 2.48 bits per heavy atom. The van der Waals surface area contributed by atoms with E-state index in [-0.39, 0.29) is 5.91 Å². The van der Waals surface area contributed by atoms with Crippen molar-refractivity contribution in [1.29, 1.82) is 0 Å². The maximum Gasteiger partial charge on any atom is 0.272 e. The van der Waals surface area contributed by atoms with Gasteiger partial charge in [0.1, 0.15) is 5.75 Å². The minimum Gasteiger partial charge on any atom is -0.474 e. The number of hydrogen-bond donors (Lipinski definition) is 0. The molecule has 154 valence electrons. The fourth-order valence-corrected chi connectivity index (χ4v) is 4.41. The lowest BCUT2D eigenvalue weighted by atomic mass is 10.0. The second kappa shape index (κ2) is 9.45. The largest absolute Gasteiger partial charge is 0.474 e. The minimum absolute atomic E-state index is 0.0450. The van der Waals surface area contributed by atoms with E-state index in [1.54, 1.807) is 0 Å². The fraction of sp³-hybridized carbons (Fsp3) is 0.480. The number of piperidine rings is 1. The predicted octanol–water partition coefficient (Wildman–Crippen LogP) is 5.12. The third-order valence-electron chi connectivity index (χ3n) is 6.05. The van der Waals surface area contributed by atoms with Gasteiger partial charge in [0.25, 0.3) is 5.91 Å². The van der Waals surface area contributed by atoms with Crippen molar-refractivity contribution in [2.45, 2.75) is 51.6 Å². The number of hydrogen-bond acceptors (Lipinski definition) is 3. The monoisotopic (exact) mass is 392 g/mol. The van der Waals surface area contributed by atoms with Gasteiger partial charge >= 0.3 is 0 Å². The number of rotatable bonds is 7. The van der Waals surface area contributed by atoms with Crippen LogP contribution in [-0.4, -0.2) is 37.0 Å². The van der Waals surface area contributed by atoms with Crippen LogP contribution in [0.3, 0.4) is 0 Å². The lowest BCUT2D eigenvalue weighted by molar-refractivity contribution is -0.126. The number of nitrogens with zero attached hydrogens (tertiary/aromatic N) is 2. The summed E-state index contributed by atoms with van der Waals surface area (Å²) in [6, 6.07) is 16.0. The zero-order chi connectivity index (χ0) is 20.1. The number of likely N-dealkylation sites (tertiary alicyclic amines) is 1. The van der Waals surface area contributed by atoms with Crippen molar-refractivity contribution in [3.63, 3.8) is 0 Å². The van der Waals surface area contributed by atoms with Crippen LogP contribution in [0.5, 0.6) is 5.75 Å². The third-order valence-corrected chi connectivity index (χ3v) is 6.05. The number of amides is 1. The number of unbranched alkanes of at least 4 members (excludes halogenated alkanes) is 2. The number of benzene rings is 2. The summed E-state index contributed by atoms with van der Waals surface area (Å²) in [5.74, 6) is 0.857. The Morgan fingerprint density at radius 2 is 1.69 bits per heavy atom. The molecule has 0 aromatic heterocycles. The van der Waals surface area contributed by atoms with Crippen LogP contribution in [0.2, 0.25) is 0 Å². The molecule has 0 saturated carbocycles. The molecule has 1 amide bonds. The summed E-state index contributed by atoms with van der Waals surface area (Å²) >= 11 is 0. The van der Waals surface area contributed by atoms with E-state index in [9.17, 15) is 4.79 Å². The van der Waals surface area contributed by atoms with Crippen LogP contribution in [0.25, 0.3) is 0 Å². The number of anilines is 1. The average molecular weight is 393 g/mol. The molecule has 2 aromatic rings. The average Bonchev–Trinajstić information content (AvgIpc) is 2.76. The molecule has 0 spiro atoms. The Balaban J connectivity index is 1.41. The summed E-state index contributed by atoms with van der Waals surface area (Å²) < 4.78 is 6.15. The maximum absolute atomic E-state index is 13.3. The quantitative estimate of drug-likeness (QED) is 0.613. The number of ether oxygens (including phenoxy) is 1. The Morgan fingerprint density at radius 1 is 0.931 bits per heavy atom. The van der Waals surface area contributed by atoms with Crippen molar-refractivity contribution in [3.05, 3.63) is 59.7 Å². The van der Waals surface area contributed by atoms with Crippen LogP contribution in [0, 0.1) is 6.92 Å². The van der Waals surface area contributed by atoms with Crippen LogP contribution >= 0.6 is 0 Å². The van der Waals surface area contributed by atoms with Crippen LogP contribution in [0.1, 0.15) is 55.8 Å². The summed E-state index contributed by atoms with van der Waals surface area (Å²) in [6.07, 6.45) is 6.91. The van der Waals surface area contributed by atoms with Crippen molar-refractivity contribution in [2.75, 3.05) is 31.1 Å². The molecule has 0 radical (unpaired) electrons. The van der Waals surface area contributed by atoms with Gasteiger partial charge in [-0.25, -0.2) is 0 Å². The summed E-state index contributed by atoms with van der Waals surface area (Å²) in [4.78, 5) is 17.8. The standard InChI is InChI=1S/C25H32N2O2/c1-20-13-14-22-23(19-20)29-24(21-11-5-2-6-12-21)25(28)27(22)18-10-4-9-17-26-15-7-3-8-16-26/h2,5-6,11-14,19,24H,3-4,7-10,15-18H2,1H3. The molecule has 2 aromatic carbocycles. The Bertz CT molecular complexity index is 815. The molecule has 4 nitrogen and oxygen atoms in total. The highest BCUT2D eigenvalue weighted by Gasteiger charge is 2.35. The van der Waals surface area contributed by atoms with Crippen molar-refractivity contribution in [3.8, 4) is 5.75 Å². The maximum atomic E-state index is 13.3. The van der Waals surface area contributed by atoms with Gasteiger partial charge in [0.05, 0.1) is 5.69 Å². The van der Waals surface area contributed by atoms with E-state index in [0.717, 1.165) is 42.0 Å². The first-order valence-electron chi connectivity index (χ1n) is 11.1. The number of aryl methyl sites for hydroxylation is 1. The zero-order valence-electron chi connectivity index (χ0n) is 17.5. The SMILES string of the molecule is Cc1ccc2c(c1)OC(c1ccccc1)C(=O)N2CCCCCN1CCCCC1. The molecule has 0 aliphatic carbocycles. The lowest BCUT2D eigenvalue weighted by Gasteiger charge is -2.35. The van der Waals surface area contributed by atoms with E-state index in [1.807, 2.05) is 47.4 Å². The highest BCUT2D eigenvalue weighted by atomic mass is 16.5. The highest BCUT2D eigenvalue weighted by molar-refractivity contribution is 6.00. The Labute approximate surface area is 174 Å². The first-order valence-corrected chi connectivity index (χ1v) is 11.1. The molecule has 0 bridgehead atoms. The van der Waals surface area contributed by atoms with Crippen molar-refractivity contribution in [2.24, 2.45) is 0 Å². The minimum atomic E-state index is -0.557. The second-order valence-electron chi connectivity index (χ2n) is 8.33. The molecular formula is C25H32N2O2. The fourth-order valence-electron chi connectivity index (χ4n) is 4.41. The van der Waals surface area contributed by atoms with E-state index in [1.165, 1.54) is 45.3 Å². The molecule has 1 unspecified atom stereocenters. The predicted molar refractivity (Wildman–Crippen MR) is 117 cm³/mol. The second-order valence-corrected chi connectivity index (χ2v) is 8.33. The molecule has 1 fully saturated rings.